The van der Waals surface area contributed by atoms with Gasteiger partial charge in [0, 0.05) is 17.1 Å². The molecule has 1 aliphatic heterocycles. The van der Waals surface area contributed by atoms with Crippen LogP contribution in [0.15, 0.2) is 36.4 Å². The lowest BCUT2D eigenvalue weighted by Crippen LogP contribution is -2.46. The molecule has 0 bridgehead atoms. The Bertz CT molecular complexity index is 965. The van der Waals surface area contributed by atoms with Crippen molar-refractivity contribution in [2.24, 2.45) is 0 Å². The van der Waals surface area contributed by atoms with E-state index in [0.717, 1.165) is 12.0 Å². The molecule has 0 saturated carbocycles. The van der Waals surface area contributed by atoms with E-state index < -0.39 is 6.04 Å². The van der Waals surface area contributed by atoms with Crippen molar-refractivity contribution in [2.75, 3.05) is 27.9 Å². The van der Waals surface area contributed by atoms with Gasteiger partial charge in [0.2, 0.25) is 5.91 Å². The number of likely N-dealkylation sites (tertiary alicyclic amines) is 1. The van der Waals surface area contributed by atoms with Crippen LogP contribution in [-0.2, 0) is 4.79 Å². The fourth-order valence-corrected chi connectivity index (χ4v) is 4.02. The Morgan fingerprint density at radius 3 is 2.45 bits per heavy atom. The summed E-state index contributed by atoms with van der Waals surface area (Å²) in [6, 6.07) is 9.40. The summed E-state index contributed by atoms with van der Waals surface area (Å²) in [7, 11) is 4.66. The second-order valence-electron chi connectivity index (χ2n) is 7.34. The zero-order valence-electron chi connectivity index (χ0n) is 18.1. The number of ether oxygens (including phenoxy) is 3. The number of benzene rings is 2. The number of carbonyl (C=O) groups is 2. The van der Waals surface area contributed by atoms with Crippen LogP contribution in [-0.4, -0.2) is 50.6 Å². The molecule has 0 spiro atoms. The number of halogens is 1. The highest BCUT2D eigenvalue weighted by Crippen LogP contribution is 2.31. The minimum absolute atomic E-state index is 0.218. The Labute approximate surface area is 187 Å². The van der Waals surface area contributed by atoms with Crippen molar-refractivity contribution < 1.29 is 23.8 Å². The third-order valence-electron chi connectivity index (χ3n) is 5.47. The van der Waals surface area contributed by atoms with E-state index in [1.54, 1.807) is 49.5 Å². The first-order valence-corrected chi connectivity index (χ1v) is 10.4. The normalized spacial score (nSPS) is 16.5. The van der Waals surface area contributed by atoms with Crippen LogP contribution < -0.4 is 19.5 Å². The summed E-state index contributed by atoms with van der Waals surface area (Å²) in [5.74, 6) is 1.25. The number of rotatable bonds is 7. The van der Waals surface area contributed by atoms with Crippen molar-refractivity contribution in [2.45, 2.75) is 31.8 Å². The molecule has 7 nitrogen and oxygen atoms in total. The maximum Gasteiger partial charge on any atom is 0.258 e. The zero-order valence-corrected chi connectivity index (χ0v) is 18.9. The lowest BCUT2D eigenvalue weighted by atomic mass is 10.1. The summed E-state index contributed by atoms with van der Waals surface area (Å²) >= 11 is 6.09. The molecule has 2 aromatic rings. The predicted molar refractivity (Wildman–Crippen MR) is 118 cm³/mol. The third-order valence-corrected chi connectivity index (χ3v) is 5.71. The van der Waals surface area contributed by atoms with Gasteiger partial charge < -0.3 is 24.4 Å². The fourth-order valence-electron chi connectivity index (χ4n) is 3.85. The molecule has 31 heavy (non-hydrogen) atoms. The number of nitrogens with one attached hydrogen (secondary N) is 1. The van der Waals surface area contributed by atoms with Gasteiger partial charge >= 0.3 is 0 Å². The Hall–Kier alpha value is -2.93. The SMILES string of the molecule is COc1ccc(OC)c(C(C)NC(=O)C2CCCN2C(=O)c2cc(Cl)ccc2OC)c1. The predicted octanol–water partition coefficient (Wildman–Crippen LogP) is 3.85. The van der Waals surface area contributed by atoms with Crippen molar-refractivity contribution in [1.82, 2.24) is 10.2 Å². The summed E-state index contributed by atoms with van der Waals surface area (Å²) in [5.41, 5.74) is 1.14. The van der Waals surface area contributed by atoms with Gasteiger partial charge in [0.1, 0.15) is 23.3 Å². The van der Waals surface area contributed by atoms with Gasteiger partial charge in [0.05, 0.1) is 32.9 Å². The van der Waals surface area contributed by atoms with Crippen LogP contribution in [0.4, 0.5) is 0 Å². The highest BCUT2D eigenvalue weighted by Gasteiger charge is 2.36. The fraction of sp³-hybridized carbons (Fsp3) is 0.391. The molecule has 2 aromatic carbocycles. The standard InChI is InChI=1S/C23H27ClN2O5/c1-14(17-13-16(29-2)8-10-20(17)30-3)25-22(27)19-6-5-11-26(19)23(28)18-12-15(24)7-9-21(18)31-4/h7-10,12-14,19H,5-6,11H2,1-4H3,(H,25,27). The zero-order chi connectivity index (χ0) is 22.5. The second-order valence-corrected chi connectivity index (χ2v) is 7.78. The van der Waals surface area contributed by atoms with Crippen LogP contribution in [0.5, 0.6) is 17.2 Å². The van der Waals surface area contributed by atoms with Crippen molar-refractivity contribution in [3.05, 3.63) is 52.5 Å². The van der Waals surface area contributed by atoms with E-state index in [4.69, 9.17) is 25.8 Å². The maximum absolute atomic E-state index is 13.2. The van der Waals surface area contributed by atoms with Gasteiger partial charge in [-0.3, -0.25) is 9.59 Å². The van der Waals surface area contributed by atoms with Gasteiger partial charge in [0.25, 0.3) is 5.91 Å². The Morgan fingerprint density at radius 2 is 1.77 bits per heavy atom. The average molecular weight is 447 g/mol. The Morgan fingerprint density at radius 1 is 1.06 bits per heavy atom. The largest absolute Gasteiger partial charge is 0.497 e. The van der Waals surface area contributed by atoms with Gasteiger partial charge in [-0.15, -0.1) is 0 Å². The molecular formula is C23H27ClN2O5. The number of nitrogens with zero attached hydrogens (tertiary/aromatic N) is 1. The molecule has 0 radical (unpaired) electrons. The van der Waals surface area contributed by atoms with Gasteiger partial charge in [-0.05, 0) is 56.2 Å². The molecule has 1 heterocycles. The van der Waals surface area contributed by atoms with Crippen LogP contribution in [0.2, 0.25) is 5.02 Å². The van der Waals surface area contributed by atoms with Gasteiger partial charge in [0.15, 0.2) is 0 Å². The molecule has 2 unspecified atom stereocenters. The molecular weight excluding hydrogens is 420 g/mol. The number of amides is 2. The van der Waals surface area contributed by atoms with Crippen LogP contribution in [0.25, 0.3) is 0 Å². The lowest BCUT2D eigenvalue weighted by molar-refractivity contribution is -0.125. The smallest absolute Gasteiger partial charge is 0.258 e. The van der Waals surface area contributed by atoms with Gasteiger partial charge in [-0.25, -0.2) is 0 Å². The summed E-state index contributed by atoms with van der Waals surface area (Å²) in [6.45, 7) is 2.36. The molecule has 0 aliphatic carbocycles. The minimum atomic E-state index is -0.574. The van der Waals surface area contributed by atoms with Crippen LogP contribution in [0, 0.1) is 0 Å². The molecule has 3 rings (SSSR count). The molecule has 8 heteroatoms. The van der Waals surface area contributed by atoms with Crippen molar-refractivity contribution in [1.29, 1.82) is 0 Å². The first-order chi connectivity index (χ1) is 14.9. The topological polar surface area (TPSA) is 77.1 Å². The minimum Gasteiger partial charge on any atom is -0.497 e. The average Bonchev–Trinajstić information content (AvgIpc) is 3.28. The maximum atomic E-state index is 13.2. The molecule has 1 aliphatic rings. The van der Waals surface area contributed by atoms with E-state index in [9.17, 15) is 9.59 Å². The summed E-state index contributed by atoms with van der Waals surface area (Å²) in [6.07, 6.45) is 1.33. The molecule has 0 aromatic heterocycles. The van der Waals surface area contributed by atoms with E-state index in [2.05, 4.69) is 5.32 Å². The Kier molecular flexibility index (Phi) is 7.28. The highest BCUT2D eigenvalue weighted by molar-refractivity contribution is 6.31. The van der Waals surface area contributed by atoms with Gasteiger partial charge in [-0.2, -0.15) is 0 Å². The van der Waals surface area contributed by atoms with Crippen LogP contribution >= 0.6 is 11.6 Å². The van der Waals surface area contributed by atoms with E-state index in [0.29, 0.717) is 40.8 Å². The summed E-state index contributed by atoms with van der Waals surface area (Å²) in [5, 5.41) is 3.45. The summed E-state index contributed by atoms with van der Waals surface area (Å²) < 4.78 is 16.0. The molecule has 1 N–H and O–H groups in total. The van der Waals surface area contributed by atoms with Crippen molar-refractivity contribution in [3.63, 3.8) is 0 Å². The number of hydrogen-bond acceptors (Lipinski definition) is 5. The number of hydrogen-bond donors (Lipinski definition) is 1. The number of methoxy groups -OCH3 is 3. The van der Waals surface area contributed by atoms with E-state index >= 15 is 0 Å². The van der Waals surface area contributed by atoms with Crippen LogP contribution in [0.3, 0.4) is 0 Å². The van der Waals surface area contributed by atoms with Gasteiger partial charge in [-0.1, -0.05) is 11.6 Å². The molecule has 2 amide bonds. The quantitative estimate of drug-likeness (QED) is 0.699. The van der Waals surface area contributed by atoms with E-state index in [1.807, 2.05) is 13.0 Å². The highest BCUT2D eigenvalue weighted by atomic mass is 35.5. The molecule has 1 saturated heterocycles. The third kappa shape index (κ3) is 4.88. The first kappa shape index (κ1) is 22.7. The second kappa shape index (κ2) is 9.92. The number of carbonyl (C=O) groups excluding carboxylic acids is 2. The van der Waals surface area contributed by atoms with E-state index in [-0.39, 0.29) is 17.9 Å². The summed E-state index contributed by atoms with van der Waals surface area (Å²) in [4.78, 5) is 27.9. The monoisotopic (exact) mass is 446 g/mol. The van der Waals surface area contributed by atoms with Crippen molar-refractivity contribution >= 4 is 23.4 Å². The van der Waals surface area contributed by atoms with E-state index in [1.165, 1.54) is 7.11 Å². The molecule has 166 valence electrons. The Balaban J connectivity index is 1.79. The first-order valence-electron chi connectivity index (χ1n) is 10.1. The lowest BCUT2D eigenvalue weighted by Gasteiger charge is -2.27. The molecule has 2 atom stereocenters. The molecule has 1 fully saturated rings. The van der Waals surface area contributed by atoms with Crippen molar-refractivity contribution in [3.8, 4) is 17.2 Å². The van der Waals surface area contributed by atoms with Crippen LogP contribution in [0.1, 0.15) is 41.7 Å².